The molecule has 1 fully saturated rings. The maximum atomic E-state index is 13.1. The van der Waals surface area contributed by atoms with E-state index in [4.69, 9.17) is 23.7 Å². The van der Waals surface area contributed by atoms with Crippen molar-refractivity contribution in [1.29, 1.82) is 0 Å². The molecule has 0 aromatic heterocycles. The maximum Gasteiger partial charge on any atom is 0.335 e. The molecule has 0 saturated carbocycles. The second-order valence-electron chi connectivity index (χ2n) is 22.1. The SMILES string of the molecule is CCCCCCCC/C=C\CCCCCCCCCCCC(=O)OC1C(OCC(COC(=O)CCCCCCCCCCCCCCCCCCC)OC(=O)CCCCCCCCCCC)OC(C(=O)O)C(O)C1O. The molecule has 0 amide bonds. The van der Waals surface area contributed by atoms with E-state index in [2.05, 4.69) is 32.9 Å². The summed E-state index contributed by atoms with van der Waals surface area (Å²) in [6.07, 6.45) is 46.2. The Labute approximate surface area is 458 Å². The molecule has 0 aromatic rings. The number of unbranched alkanes of at least 4 members (excludes halogenated alkanes) is 39. The molecule has 440 valence electrons. The van der Waals surface area contributed by atoms with Crippen molar-refractivity contribution in [3.8, 4) is 0 Å². The topological polar surface area (TPSA) is 175 Å². The van der Waals surface area contributed by atoms with E-state index >= 15 is 0 Å². The molecule has 3 N–H and O–H groups in total. The van der Waals surface area contributed by atoms with Crippen LogP contribution in [0.25, 0.3) is 0 Å². The lowest BCUT2D eigenvalue weighted by molar-refractivity contribution is -0.301. The number of carbonyl (C=O) groups is 4. The van der Waals surface area contributed by atoms with Crippen LogP contribution in [0.4, 0.5) is 0 Å². The van der Waals surface area contributed by atoms with Crippen LogP contribution in [0, 0.1) is 0 Å². The number of carboxylic acid groups (broad SMARTS) is 1. The van der Waals surface area contributed by atoms with Crippen molar-refractivity contribution >= 4 is 23.9 Å². The van der Waals surface area contributed by atoms with E-state index in [0.29, 0.717) is 19.3 Å². The Bertz CT molecular complexity index is 1360. The van der Waals surface area contributed by atoms with Gasteiger partial charge in [0.25, 0.3) is 0 Å². The fourth-order valence-electron chi connectivity index (χ4n) is 9.95. The highest BCUT2D eigenvalue weighted by atomic mass is 16.7. The first-order valence-corrected chi connectivity index (χ1v) is 31.7. The van der Waals surface area contributed by atoms with Crippen molar-refractivity contribution in [3.63, 3.8) is 0 Å². The predicted molar refractivity (Wildman–Crippen MR) is 304 cm³/mol. The van der Waals surface area contributed by atoms with Gasteiger partial charge in [-0.1, -0.05) is 264 Å². The largest absolute Gasteiger partial charge is 0.479 e. The number of allylic oxidation sites excluding steroid dienone is 2. The fourth-order valence-corrected chi connectivity index (χ4v) is 9.95. The molecule has 1 aliphatic rings. The number of rotatable bonds is 55. The first kappa shape index (κ1) is 70.5. The third-order valence-electron chi connectivity index (χ3n) is 14.8. The van der Waals surface area contributed by atoms with Crippen molar-refractivity contribution in [2.45, 2.75) is 353 Å². The lowest BCUT2D eigenvalue weighted by atomic mass is 9.98. The van der Waals surface area contributed by atoms with Gasteiger partial charge in [-0.15, -0.1) is 0 Å². The van der Waals surface area contributed by atoms with Gasteiger partial charge in [-0.05, 0) is 44.9 Å². The van der Waals surface area contributed by atoms with Gasteiger partial charge in [0.1, 0.15) is 18.8 Å². The minimum atomic E-state index is -1.90. The Morgan fingerprint density at radius 2 is 0.760 bits per heavy atom. The van der Waals surface area contributed by atoms with Crippen LogP contribution >= 0.6 is 0 Å². The van der Waals surface area contributed by atoms with Crippen molar-refractivity contribution < 1.29 is 58.2 Å². The molecule has 0 aliphatic carbocycles. The minimum absolute atomic E-state index is 0.0647. The lowest BCUT2D eigenvalue weighted by Crippen LogP contribution is -2.61. The van der Waals surface area contributed by atoms with Crippen LogP contribution in [-0.2, 0) is 42.9 Å². The lowest BCUT2D eigenvalue weighted by Gasteiger charge is -2.40. The quantitative estimate of drug-likeness (QED) is 0.0228. The highest BCUT2D eigenvalue weighted by molar-refractivity contribution is 5.74. The third kappa shape index (κ3) is 42.1. The number of ether oxygens (including phenoxy) is 5. The van der Waals surface area contributed by atoms with E-state index in [1.54, 1.807) is 0 Å². The molecule has 75 heavy (non-hydrogen) atoms. The van der Waals surface area contributed by atoms with Crippen LogP contribution in [0.15, 0.2) is 12.2 Å². The van der Waals surface area contributed by atoms with Crippen LogP contribution in [0.2, 0.25) is 0 Å². The molecule has 0 aromatic carbocycles. The van der Waals surface area contributed by atoms with E-state index in [0.717, 1.165) is 70.6 Å². The normalized spacial score (nSPS) is 18.1. The van der Waals surface area contributed by atoms with Gasteiger partial charge in [0.2, 0.25) is 0 Å². The zero-order valence-electron chi connectivity index (χ0n) is 48.6. The van der Waals surface area contributed by atoms with E-state index in [9.17, 15) is 34.5 Å². The number of carboxylic acids is 1. The van der Waals surface area contributed by atoms with Crippen LogP contribution in [0.3, 0.4) is 0 Å². The number of esters is 3. The number of aliphatic carboxylic acids is 1. The average molecular weight is 1070 g/mol. The summed E-state index contributed by atoms with van der Waals surface area (Å²) in [5.74, 6) is -3.08. The molecule has 1 heterocycles. The van der Waals surface area contributed by atoms with E-state index in [-0.39, 0.29) is 25.9 Å². The summed E-state index contributed by atoms with van der Waals surface area (Å²) < 4.78 is 28.5. The zero-order chi connectivity index (χ0) is 54.7. The highest BCUT2D eigenvalue weighted by Gasteiger charge is 2.50. The average Bonchev–Trinajstić information content (AvgIpc) is 3.39. The van der Waals surface area contributed by atoms with Crippen LogP contribution in [0.1, 0.15) is 316 Å². The molecule has 0 bridgehead atoms. The number of hydrogen-bond donors (Lipinski definition) is 3. The molecule has 0 spiro atoms. The van der Waals surface area contributed by atoms with Gasteiger partial charge in [-0.2, -0.15) is 0 Å². The van der Waals surface area contributed by atoms with Crippen molar-refractivity contribution in [3.05, 3.63) is 12.2 Å². The summed E-state index contributed by atoms with van der Waals surface area (Å²) in [4.78, 5) is 51.1. The maximum absolute atomic E-state index is 13.1. The summed E-state index contributed by atoms with van der Waals surface area (Å²) in [6.45, 7) is 6.01. The Kier molecular flexibility index (Phi) is 49.0. The number of carbonyl (C=O) groups excluding carboxylic acids is 3. The standard InChI is InChI=1S/C63H116O12/c1-4-7-10-13-16-19-21-23-25-27-28-30-32-34-36-39-42-45-48-51-57(66)74-61-59(68)58(67)60(62(69)70)75-63(61)72-53-54(73-56(65)50-47-44-41-37-18-15-12-9-6-3)52-71-55(64)49-46-43-40-38-35-33-31-29-26-24-22-20-17-14-11-8-5-2/h23,25,54,58-61,63,67-68H,4-22,24,26-53H2,1-3H3,(H,69,70)/b25-23-. The highest BCUT2D eigenvalue weighted by Crippen LogP contribution is 2.27. The molecule has 12 heteroatoms. The van der Waals surface area contributed by atoms with Crippen LogP contribution < -0.4 is 0 Å². The first-order valence-electron chi connectivity index (χ1n) is 31.7. The Balaban J connectivity index is 2.58. The van der Waals surface area contributed by atoms with Gasteiger partial charge in [0.15, 0.2) is 24.6 Å². The zero-order valence-corrected chi connectivity index (χ0v) is 48.6. The smallest absolute Gasteiger partial charge is 0.335 e. The van der Waals surface area contributed by atoms with Gasteiger partial charge in [0.05, 0.1) is 6.61 Å². The van der Waals surface area contributed by atoms with Gasteiger partial charge < -0.3 is 39.0 Å². The monoisotopic (exact) mass is 1060 g/mol. The molecule has 0 radical (unpaired) electrons. The molecule has 1 aliphatic heterocycles. The predicted octanol–water partition coefficient (Wildman–Crippen LogP) is 16.5. The van der Waals surface area contributed by atoms with Gasteiger partial charge >= 0.3 is 23.9 Å². The fraction of sp³-hybridized carbons (Fsp3) is 0.905. The summed E-state index contributed by atoms with van der Waals surface area (Å²) in [5.41, 5.74) is 0. The third-order valence-corrected chi connectivity index (χ3v) is 14.8. The summed E-state index contributed by atoms with van der Waals surface area (Å²) in [7, 11) is 0. The van der Waals surface area contributed by atoms with Crippen molar-refractivity contribution in [2.24, 2.45) is 0 Å². The van der Waals surface area contributed by atoms with Crippen molar-refractivity contribution in [2.75, 3.05) is 13.2 Å². The summed E-state index contributed by atoms with van der Waals surface area (Å²) in [5, 5.41) is 31.5. The Hall–Kier alpha value is -2.54. The minimum Gasteiger partial charge on any atom is -0.479 e. The summed E-state index contributed by atoms with van der Waals surface area (Å²) in [6, 6.07) is 0. The van der Waals surface area contributed by atoms with Gasteiger partial charge in [-0.3, -0.25) is 14.4 Å². The van der Waals surface area contributed by atoms with Crippen LogP contribution in [-0.4, -0.2) is 89.2 Å². The second-order valence-corrected chi connectivity index (χ2v) is 22.1. The molecule has 6 atom stereocenters. The second kappa shape index (κ2) is 52.2. The Morgan fingerprint density at radius 1 is 0.427 bits per heavy atom. The molecule has 1 saturated heterocycles. The first-order chi connectivity index (χ1) is 36.6. The molecule has 12 nitrogen and oxygen atoms in total. The van der Waals surface area contributed by atoms with Crippen LogP contribution in [0.5, 0.6) is 0 Å². The van der Waals surface area contributed by atoms with Gasteiger partial charge in [0, 0.05) is 19.3 Å². The van der Waals surface area contributed by atoms with E-state index < -0.39 is 67.3 Å². The molecule has 1 rings (SSSR count). The van der Waals surface area contributed by atoms with E-state index in [1.807, 2.05) is 0 Å². The molecular weight excluding hydrogens is 949 g/mol. The molecule has 6 unspecified atom stereocenters. The van der Waals surface area contributed by atoms with E-state index in [1.165, 1.54) is 186 Å². The molecular formula is C63H116O12. The van der Waals surface area contributed by atoms with Gasteiger partial charge in [-0.25, -0.2) is 4.79 Å². The van der Waals surface area contributed by atoms with Crippen molar-refractivity contribution in [1.82, 2.24) is 0 Å². The number of aliphatic hydroxyl groups is 2. The number of aliphatic hydroxyl groups excluding tert-OH is 2. The number of hydrogen-bond acceptors (Lipinski definition) is 11. The Morgan fingerprint density at radius 3 is 1.13 bits per heavy atom. The summed E-state index contributed by atoms with van der Waals surface area (Å²) >= 11 is 0.